The molecule has 0 aromatic heterocycles. The SMILES string of the molecule is CC(C)CCCCNCC1Cc2cc(Cl)ccc2O1. The van der Waals surface area contributed by atoms with E-state index in [0.717, 1.165) is 36.2 Å². The largest absolute Gasteiger partial charge is 0.488 e. The Labute approximate surface area is 121 Å². The summed E-state index contributed by atoms with van der Waals surface area (Å²) in [4.78, 5) is 0. The number of halogens is 1. The van der Waals surface area contributed by atoms with Crippen LogP contribution >= 0.6 is 11.6 Å². The van der Waals surface area contributed by atoms with E-state index in [1.807, 2.05) is 18.2 Å². The van der Waals surface area contributed by atoms with Crippen molar-refractivity contribution in [3.05, 3.63) is 28.8 Å². The van der Waals surface area contributed by atoms with Crippen LogP contribution in [0.1, 0.15) is 38.7 Å². The van der Waals surface area contributed by atoms with Gasteiger partial charge in [0.25, 0.3) is 0 Å². The van der Waals surface area contributed by atoms with E-state index in [1.165, 1.54) is 24.8 Å². The Balaban J connectivity index is 1.62. The normalized spacial score (nSPS) is 17.6. The highest BCUT2D eigenvalue weighted by Crippen LogP contribution is 2.30. The Kier molecular flexibility index (Phi) is 5.53. The molecule has 1 aliphatic heterocycles. The summed E-state index contributed by atoms with van der Waals surface area (Å²) in [6, 6.07) is 5.88. The van der Waals surface area contributed by atoms with Crippen LogP contribution in [-0.2, 0) is 6.42 Å². The Morgan fingerprint density at radius 2 is 2.21 bits per heavy atom. The topological polar surface area (TPSA) is 21.3 Å². The number of nitrogens with one attached hydrogen (secondary N) is 1. The van der Waals surface area contributed by atoms with Crippen molar-refractivity contribution in [1.29, 1.82) is 0 Å². The average Bonchev–Trinajstić information content (AvgIpc) is 2.75. The van der Waals surface area contributed by atoms with Crippen molar-refractivity contribution in [3.63, 3.8) is 0 Å². The zero-order chi connectivity index (χ0) is 13.7. The van der Waals surface area contributed by atoms with Gasteiger partial charge in [0.05, 0.1) is 0 Å². The van der Waals surface area contributed by atoms with Crippen molar-refractivity contribution in [2.75, 3.05) is 13.1 Å². The van der Waals surface area contributed by atoms with E-state index in [4.69, 9.17) is 16.3 Å². The van der Waals surface area contributed by atoms with Crippen LogP contribution in [-0.4, -0.2) is 19.2 Å². The summed E-state index contributed by atoms with van der Waals surface area (Å²) in [6.45, 7) is 6.57. The first-order valence-corrected chi connectivity index (χ1v) is 7.68. The fourth-order valence-electron chi connectivity index (χ4n) is 2.47. The quantitative estimate of drug-likeness (QED) is 0.761. The summed E-state index contributed by atoms with van der Waals surface area (Å²) in [7, 11) is 0. The number of hydrogen-bond acceptors (Lipinski definition) is 2. The van der Waals surface area contributed by atoms with Crippen molar-refractivity contribution in [2.45, 2.75) is 45.6 Å². The second-order valence-corrected chi connectivity index (χ2v) is 6.23. The van der Waals surface area contributed by atoms with E-state index >= 15 is 0 Å². The van der Waals surface area contributed by atoms with Gasteiger partial charge in [-0.2, -0.15) is 0 Å². The molecule has 1 aromatic carbocycles. The zero-order valence-electron chi connectivity index (χ0n) is 11.9. The zero-order valence-corrected chi connectivity index (χ0v) is 12.7. The third kappa shape index (κ3) is 4.70. The van der Waals surface area contributed by atoms with Crippen LogP contribution in [0.5, 0.6) is 5.75 Å². The maximum absolute atomic E-state index is 5.99. The number of fused-ring (bicyclic) bond motifs is 1. The van der Waals surface area contributed by atoms with E-state index in [1.54, 1.807) is 0 Å². The molecule has 0 bridgehead atoms. The van der Waals surface area contributed by atoms with E-state index < -0.39 is 0 Å². The number of benzene rings is 1. The molecule has 1 heterocycles. The van der Waals surface area contributed by atoms with Gasteiger partial charge in [-0.15, -0.1) is 0 Å². The summed E-state index contributed by atoms with van der Waals surface area (Å²) < 4.78 is 5.89. The average molecular weight is 282 g/mol. The Hall–Kier alpha value is -0.730. The second kappa shape index (κ2) is 7.16. The fourth-order valence-corrected chi connectivity index (χ4v) is 2.66. The van der Waals surface area contributed by atoms with Gasteiger partial charge in [0.2, 0.25) is 0 Å². The van der Waals surface area contributed by atoms with Crippen molar-refractivity contribution < 1.29 is 4.74 Å². The smallest absolute Gasteiger partial charge is 0.123 e. The molecular weight excluding hydrogens is 258 g/mol. The van der Waals surface area contributed by atoms with Crippen LogP contribution in [0.2, 0.25) is 5.02 Å². The molecule has 3 heteroatoms. The lowest BCUT2D eigenvalue weighted by molar-refractivity contribution is 0.227. The first-order chi connectivity index (χ1) is 9.15. The van der Waals surface area contributed by atoms with Gasteiger partial charge in [-0.05, 0) is 42.6 Å². The third-order valence-corrected chi connectivity index (χ3v) is 3.76. The van der Waals surface area contributed by atoms with Crippen LogP contribution in [0.15, 0.2) is 18.2 Å². The highest BCUT2D eigenvalue weighted by atomic mass is 35.5. The van der Waals surface area contributed by atoms with Crippen molar-refractivity contribution >= 4 is 11.6 Å². The Bertz CT molecular complexity index is 406. The van der Waals surface area contributed by atoms with Crippen LogP contribution in [0, 0.1) is 5.92 Å². The first kappa shape index (κ1) is 14.7. The fraction of sp³-hybridized carbons (Fsp3) is 0.625. The first-order valence-electron chi connectivity index (χ1n) is 7.31. The summed E-state index contributed by atoms with van der Waals surface area (Å²) in [5.41, 5.74) is 1.24. The van der Waals surface area contributed by atoms with Crippen LogP contribution in [0.25, 0.3) is 0 Å². The maximum atomic E-state index is 5.99. The van der Waals surface area contributed by atoms with Crippen molar-refractivity contribution in [3.8, 4) is 5.75 Å². The molecule has 1 N–H and O–H groups in total. The van der Waals surface area contributed by atoms with Gasteiger partial charge in [0.1, 0.15) is 11.9 Å². The molecule has 0 aliphatic carbocycles. The number of unbranched alkanes of at least 4 members (excludes halogenated alkanes) is 1. The molecule has 2 rings (SSSR count). The molecule has 106 valence electrons. The minimum Gasteiger partial charge on any atom is -0.488 e. The molecular formula is C16H24ClNO. The van der Waals surface area contributed by atoms with Gasteiger partial charge in [-0.25, -0.2) is 0 Å². The highest BCUT2D eigenvalue weighted by molar-refractivity contribution is 6.30. The number of rotatable bonds is 7. The van der Waals surface area contributed by atoms with Gasteiger partial charge >= 0.3 is 0 Å². The second-order valence-electron chi connectivity index (χ2n) is 5.79. The maximum Gasteiger partial charge on any atom is 0.123 e. The van der Waals surface area contributed by atoms with E-state index in [2.05, 4.69) is 19.2 Å². The van der Waals surface area contributed by atoms with Crippen molar-refractivity contribution in [2.24, 2.45) is 5.92 Å². The molecule has 1 atom stereocenters. The van der Waals surface area contributed by atoms with E-state index in [9.17, 15) is 0 Å². The number of hydrogen-bond donors (Lipinski definition) is 1. The number of ether oxygens (including phenoxy) is 1. The lowest BCUT2D eigenvalue weighted by atomic mass is 10.1. The van der Waals surface area contributed by atoms with E-state index in [0.29, 0.717) is 0 Å². The molecule has 0 radical (unpaired) electrons. The molecule has 0 saturated carbocycles. The lowest BCUT2D eigenvalue weighted by Crippen LogP contribution is -2.30. The molecule has 0 fully saturated rings. The molecule has 0 amide bonds. The predicted octanol–water partition coefficient (Wildman–Crippen LogP) is 4.06. The van der Waals surface area contributed by atoms with E-state index in [-0.39, 0.29) is 6.10 Å². The molecule has 1 aliphatic rings. The summed E-state index contributed by atoms with van der Waals surface area (Å²) in [5.74, 6) is 1.81. The lowest BCUT2D eigenvalue weighted by Gasteiger charge is -2.12. The summed E-state index contributed by atoms with van der Waals surface area (Å²) >= 11 is 5.99. The Morgan fingerprint density at radius 1 is 1.37 bits per heavy atom. The molecule has 1 unspecified atom stereocenters. The van der Waals surface area contributed by atoms with Crippen LogP contribution in [0.4, 0.5) is 0 Å². The van der Waals surface area contributed by atoms with Gasteiger partial charge in [0, 0.05) is 18.0 Å². The molecule has 2 nitrogen and oxygen atoms in total. The summed E-state index contributed by atoms with van der Waals surface area (Å²) in [6.07, 6.45) is 5.12. The monoisotopic (exact) mass is 281 g/mol. The van der Waals surface area contributed by atoms with Gasteiger partial charge in [-0.1, -0.05) is 38.3 Å². The molecule has 0 spiro atoms. The van der Waals surface area contributed by atoms with Crippen molar-refractivity contribution in [1.82, 2.24) is 5.32 Å². The van der Waals surface area contributed by atoms with Gasteiger partial charge in [-0.3, -0.25) is 0 Å². The predicted molar refractivity (Wildman–Crippen MR) is 81.1 cm³/mol. The van der Waals surface area contributed by atoms with Crippen LogP contribution < -0.4 is 10.1 Å². The molecule has 19 heavy (non-hydrogen) atoms. The summed E-state index contributed by atoms with van der Waals surface area (Å²) in [5, 5.41) is 4.29. The van der Waals surface area contributed by atoms with Gasteiger partial charge in [0.15, 0.2) is 0 Å². The standard InChI is InChI=1S/C16H24ClNO/c1-12(2)5-3-4-8-18-11-15-10-13-9-14(17)6-7-16(13)19-15/h6-7,9,12,15,18H,3-5,8,10-11H2,1-2H3. The minimum atomic E-state index is 0.263. The third-order valence-electron chi connectivity index (χ3n) is 3.52. The molecule has 1 aromatic rings. The van der Waals surface area contributed by atoms with Gasteiger partial charge < -0.3 is 10.1 Å². The van der Waals surface area contributed by atoms with Crippen LogP contribution in [0.3, 0.4) is 0 Å². The highest BCUT2D eigenvalue weighted by Gasteiger charge is 2.22. The molecule has 0 saturated heterocycles. The Morgan fingerprint density at radius 3 is 3.00 bits per heavy atom. The minimum absolute atomic E-state index is 0.263.